The van der Waals surface area contributed by atoms with Crippen molar-refractivity contribution in [2.45, 2.75) is 32.4 Å². The molecule has 0 amide bonds. The first-order chi connectivity index (χ1) is 6.83. The van der Waals surface area contributed by atoms with Crippen LogP contribution in [0.5, 0.6) is 0 Å². The van der Waals surface area contributed by atoms with Gasteiger partial charge >= 0.3 is 0 Å². The molecule has 0 saturated heterocycles. The van der Waals surface area contributed by atoms with Gasteiger partial charge in [-0.25, -0.2) is 0 Å². The Bertz CT molecular complexity index is 253. The smallest absolute Gasteiger partial charge is 0.0207 e. The van der Waals surface area contributed by atoms with E-state index < -0.39 is 0 Å². The highest BCUT2D eigenvalue weighted by Crippen LogP contribution is 2.01. The second kappa shape index (κ2) is 6.39. The molecule has 0 aliphatic rings. The maximum atomic E-state index is 3.72. The molecule has 0 saturated carbocycles. The number of benzene rings is 1. The summed E-state index contributed by atoms with van der Waals surface area (Å²) in [5.41, 5.74) is 1.35. The Morgan fingerprint density at radius 2 is 2.07 bits per heavy atom. The fourth-order valence-electron chi connectivity index (χ4n) is 1.36. The molecular formula is C13H19N. The van der Waals surface area contributed by atoms with Crippen molar-refractivity contribution in [1.82, 2.24) is 5.32 Å². The van der Waals surface area contributed by atoms with Gasteiger partial charge in [-0.2, -0.15) is 0 Å². The molecule has 76 valence electrons. The molecule has 0 radical (unpaired) electrons. The lowest BCUT2D eigenvalue weighted by atomic mass is 10.1. The van der Waals surface area contributed by atoms with E-state index in [1.54, 1.807) is 0 Å². The van der Waals surface area contributed by atoms with Crippen molar-refractivity contribution < 1.29 is 0 Å². The van der Waals surface area contributed by atoms with Crippen LogP contribution in [0.2, 0.25) is 0 Å². The second-order valence-electron chi connectivity index (χ2n) is 3.63. The zero-order chi connectivity index (χ0) is 10.2. The summed E-state index contributed by atoms with van der Waals surface area (Å²) in [7, 11) is 0. The van der Waals surface area contributed by atoms with E-state index in [2.05, 4.69) is 43.1 Å². The second-order valence-corrected chi connectivity index (χ2v) is 3.63. The van der Waals surface area contributed by atoms with Crippen molar-refractivity contribution in [3.8, 4) is 0 Å². The molecule has 0 heterocycles. The maximum Gasteiger partial charge on any atom is 0.0207 e. The summed E-state index contributed by atoms with van der Waals surface area (Å²) in [6.07, 6.45) is 4.22. The summed E-state index contributed by atoms with van der Waals surface area (Å²) in [5, 5.41) is 3.49. The molecule has 1 aromatic carbocycles. The standard InChI is InChI=1S/C13H19N/c1-3-4-8-12(2)14-11-13-9-6-5-7-10-13/h3,5-7,9-10,12,14H,1,4,8,11H2,2H3. The minimum atomic E-state index is 0.563. The van der Waals surface area contributed by atoms with E-state index in [1.807, 2.05) is 12.1 Å². The average Bonchev–Trinajstić information content (AvgIpc) is 2.25. The van der Waals surface area contributed by atoms with Crippen molar-refractivity contribution >= 4 is 0 Å². The van der Waals surface area contributed by atoms with Gasteiger partial charge in [0.25, 0.3) is 0 Å². The van der Waals surface area contributed by atoms with Crippen molar-refractivity contribution in [2.24, 2.45) is 0 Å². The van der Waals surface area contributed by atoms with Gasteiger partial charge in [-0.15, -0.1) is 6.58 Å². The van der Waals surface area contributed by atoms with E-state index in [0.29, 0.717) is 6.04 Å². The molecule has 0 aliphatic heterocycles. The van der Waals surface area contributed by atoms with Crippen LogP contribution in [0.25, 0.3) is 0 Å². The van der Waals surface area contributed by atoms with Crippen LogP contribution in [0, 0.1) is 0 Å². The highest BCUT2D eigenvalue weighted by molar-refractivity contribution is 5.14. The molecule has 0 bridgehead atoms. The molecular weight excluding hydrogens is 170 g/mol. The van der Waals surface area contributed by atoms with E-state index in [9.17, 15) is 0 Å². The summed E-state index contributed by atoms with van der Waals surface area (Å²) in [6, 6.07) is 11.1. The van der Waals surface area contributed by atoms with Crippen LogP contribution >= 0.6 is 0 Å². The van der Waals surface area contributed by atoms with Gasteiger partial charge in [-0.1, -0.05) is 36.4 Å². The van der Waals surface area contributed by atoms with Crippen LogP contribution in [0.15, 0.2) is 43.0 Å². The summed E-state index contributed by atoms with van der Waals surface area (Å²) in [6.45, 7) is 6.90. The van der Waals surface area contributed by atoms with Crippen LogP contribution in [0.1, 0.15) is 25.3 Å². The average molecular weight is 189 g/mol. The molecule has 1 N–H and O–H groups in total. The van der Waals surface area contributed by atoms with Gasteiger partial charge in [0.1, 0.15) is 0 Å². The maximum absolute atomic E-state index is 3.72. The van der Waals surface area contributed by atoms with Crippen molar-refractivity contribution in [2.75, 3.05) is 0 Å². The first-order valence-electron chi connectivity index (χ1n) is 5.21. The van der Waals surface area contributed by atoms with Gasteiger partial charge in [0.05, 0.1) is 0 Å². The topological polar surface area (TPSA) is 12.0 Å². The zero-order valence-electron chi connectivity index (χ0n) is 8.87. The lowest BCUT2D eigenvalue weighted by Gasteiger charge is -2.12. The molecule has 0 spiro atoms. The minimum absolute atomic E-state index is 0.563. The lowest BCUT2D eigenvalue weighted by Crippen LogP contribution is -2.25. The SMILES string of the molecule is C=CCCC(C)NCc1ccccc1. The van der Waals surface area contributed by atoms with Gasteiger partial charge in [-0.3, -0.25) is 0 Å². The number of hydrogen-bond donors (Lipinski definition) is 1. The van der Waals surface area contributed by atoms with Gasteiger partial charge in [0.15, 0.2) is 0 Å². The Kier molecular flexibility index (Phi) is 5.02. The van der Waals surface area contributed by atoms with Crippen LogP contribution in [0.3, 0.4) is 0 Å². The predicted molar refractivity (Wildman–Crippen MR) is 62.2 cm³/mol. The predicted octanol–water partition coefficient (Wildman–Crippen LogP) is 3.13. The number of allylic oxidation sites excluding steroid dienone is 1. The lowest BCUT2D eigenvalue weighted by molar-refractivity contribution is 0.518. The van der Waals surface area contributed by atoms with Gasteiger partial charge in [-0.05, 0) is 25.3 Å². The molecule has 0 aliphatic carbocycles. The third-order valence-corrected chi connectivity index (χ3v) is 2.30. The fraction of sp³-hybridized carbons (Fsp3) is 0.385. The quantitative estimate of drug-likeness (QED) is 0.678. The van der Waals surface area contributed by atoms with E-state index in [1.165, 1.54) is 5.56 Å². The third kappa shape index (κ3) is 4.24. The fourth-order valence-corrected chi connectivity index (χ4v) is 1.36. The molecule has 0 fully saturated rings. The molecule has 1 atom stereocenters. The van der Waals surface area contributed by atoms with Crippen molar-refractivity contribution in [3.05, 3.63) is 48.6 Å². The van der Waals surface area contributed by atoms with Crippen LogP contribution < -0.4 is 5.32 Å². The van der Waals surface area contributed by atoms with E-state index in [0.717, 1.165) is 19.4 Å². The molecule has 1 heteroatoms. The van der Waals surface area contributed by atoms with Crippen LogP contribution in [-0.2, 0) is 6.54 Å². The van der Waals surface area contributed by atoms with Crippen LogP contribution in [-0.4, -0.2) is 6.04 Å². The van der Waals surface area contributed by atoms with Gasteiger partial charge < -0.3 is 5.32 Å². The molecule has 1 aromatic rings. The normalized spacial score (nSPS) is 12.4. The van der Waals surface area contributed by atoms with Crippen molar-refractivity contribution in [1.29, 1.82) is 0 Å². The number of nitrogens with one attached hydrogen (secondary N) is 1. The highest BCUT2D eigenvalue weighted by Gasteiger charge is 1.99. The summed E-state index contributed by atoms with van der Waals surface area (Å²) < 4.78 is 0. The van der Waals surface area contributed by atoms with Gasteiger partial charge in [0, 0.05) is 12.6 Å². The molecule has 1 nitrogen and oxygen atoms in total. The van der Waals surface area contributed by atoms with Crippen molar-refractivity contribution in [3.63, 3.8) is 0 Å². The molecule has 1 unspecified atom stereocenters. The summed E-state index contributed by atoms with van der Waals surface area (Å²) >= 11 is 0. The van der Waals surface area contributed by atoms with E-state index >= 15 is 0 Å². The summed E-state index contributed by atoms with van der Waals surface area (Å²) in [5.74, 6) is 0. The Morgan fingerprint density at radius 1 is 1.36 bits per heavy atom. The number of hydrogen-bond acceptors (Lipinski definition) is 1. The Morgan fingerprint density at radius 3 is 2.71 bits per heavy atom. The largest absolute Gasteiger partial charge is 0.310 e. The van der Waals surface area contributed by atoms with Gasteiger partial charge in [0.2, 0.25) is 0 Å². The monoisotopic (exact) mass is 189 g/mol. The first-order valence-corrected chi connectivity index (χ1v) is 5.21. The molecule has 14 heavy (non-hydrogen) atoms. The minimum Gasteiger partial charge on any atom is -0.310 e. The Labute approximate surface area is 86.8 Å². The Balaban J connectivity index is 2.23. The zero-order valence-corrected chi connectivity index (χ0v) is 8.87. The first kappa shape index (κ1) is 11.0. The third-order valence-electron chi connectivity index (χ3n) is 2.30. The summed E-state index contributed by atoms with van der Waals surface area (Å²) in [4.78, 5) is 0. The molecule has 1 rings (SSSR count). The Hall–Kier alpha value is -1.08. The van der Waals surface area contributed by atoms with E-state index in [4.69, 9.17) is 0 Å². The van der Waals surface area contributed by atoms with E-state index in [-0.39, 0.29) is 0 Å². The number of rotatable bonds is 6. The highest BCUT2D eigenvalue weighted by atomic mass is 14.9. The molecule has 0 aromatic heterocycles. The van der Waals surface area contributed by atoms with Crippen LogP contribution in [0.4, 0.5) is 0 Å².